The molecule has 10 nitrogen and oxygen atoms in total. The minimum absolute atomic E-state index is 0.124. The van der Waals surface area contributed by atoms with Crippen LogP contribution in [0.1, 0.15) is 12.8 Å². The van der Waals surface area contributed by atoms with Crippen molar-refractivity contribution < 1.29 is 9.59 Å². The van der Waals surface area contributed by atoms with Gasteiger partial charge in [0, 0.05) is 75.6 Å². The van der Waals surface area contributed by atoms with Gasteiger partial charge in [0.2, 0.25) is 23.7 Å². The van der Waals surface area contributed by atoms with Gasteiger partial charge in [-0.2, -0.15) is 0 Å². The first-order valence-electron chi connectivity index (χ1n) is 9.44. The second-order valence-corrected chi connectivity index (χ2v) is 8.79. The van der Waals surface area contributed by atoms with Crippen molar-refractivity contribution in [2.45, 2.75) is 12.8 Å². The Morgan fingerprint density at radius 1 is 0.767 bits per heavy atom. The average molecular weight is 542 g/mol. The maximum atomic E-state index is 10.9. The average Bonchev–Trinajstić information content (AvgIpc) is 3.35. The number of nitrogens with one attached hydrogen (secondary N) is 4. The van der Waals surface area contributed by atoms with Crippen molar-refractivity contribution in [2.75, 3.05) is 36.8 Å². The molecule has 0 aliphatic carbocycles. The minimum atomic E-state index is 0.124. The predicted octanol–water partition coefficient (Wildman–Crippen LogP) is 1.57. The van der Waals surface area contributed by atoms with Crippen LogP contribution in [0.15, 0.2) is 33.7 Å². The lowest BCUT2D eigenvalue weighted by molar-refractivity contribution is -0.120. The van der Waals surface area contributed by atoms with Crippen molar-refractivity contribution in [2.24, 2.45) is 11.8 Å². The third-order valence-corrected chi connectivity index (χ3v) is 5.28. The second-order valence-electron chi connectivity index (χ2n) is 6.96. The van der Waals surface area contributed by atoms with Crippen LogP contribution < -0.4 is 21.3 Å². The first kappa shape index (κ1) is 22.3. The summed E-state index contributed by atoms with van der Waals surface area (Å²) in [5.41, 5.74) is 0. The number of aromatic nitrogens is 4. The summed E-state index contributed by atoms with van der Waals surface area (Å²) >= 11 is 6.53. The number of nitrogens with zero attached hydrogens (tertiary/aromatic N) is 4. The Labute approximate surface area is 190 Å². The van der Waals surface area contributed by atoms with E-state index in [1.165, 1.54) is 0 Å². The van der Waals surface area contributed by atoms with E-state index in [9.17, 15) is 9.59 Å². The molecule has 1 unspecified atom stereocenters. The number of amides is 2. The van der Waals surface area contributed by atoms with Crippen LogP contribution in [0.5, 0.6) is 0 Å². The van der Waals surface area contributed by atoms with Crippen LogP contribution in [-0.2, 0) is 9.59 Å². The summed E-state index contributed by atoms with van der Waals surface area (Å²) in [5, 5.41) is 11.8. The molecule has 2 aliphatic heterocycles. The normalized spacial score (nSPS) is 20.1. The highest BCUT2D eigenvalue weighted by Crippen LogP contribution is 2.12. The molecule has 12 heteroatoms. The van der Waals surface area contributed by atoms with Crippen LogP contribution in [0, 0.1) is 11.8 Å². The van der Waals surface area contributed by atoms with E-state index in [-0.39, 0.29) is 11.8 Å². The Kier molecular flexibility index (Phi) is 8.31. The van der Waals surface area contributed by atoms with Gasteiger partial charge in [-0.25, -0.2) is 19.9 Å². The van der Waals surface area contributed by atoms with E-state index < -0.39 is 0 Å². The number of hydrogen-bond donors (Lipinski definition) is 4. The van der Waals surface area contributed by atoms with E-state index in [4.69, 9.17) is 0 Å². The molecule has 2 aliphatic rings. The van der Waals surface area contributed by atoms with E-state index in [0.29, 0.717) is 36.6 Å². The van der Waals surface area contributed by atoms with Crippen molar-refractivity contribution in [3.63, 3.8) is 0 Å². The smallest absolute Gasteiger partial charge is 0.222 e. The minimum Gasteiger partial charge on any atom is -0.356 e. The first-order valence-corrected chi connectivity index (χ1v) is 11.0. The molecular formula is C18H22Br2N8O2. The molecule has 30 heavy (non-hydrogen) atoms. The summed E-state index contributed by atoms with van der Waals surface area (Å²) in [4.78, 5) is 38.2. The summed E-state index contributed by atoms with van der Waals surface area (Å²) in [5.74, 6) is 2.11. The molecule has 0 aromatic carbocycles. The van der Waals surface area contributed by atoms with Gasteiger partial charge in [0.25, 0.3) is 0 Å². The fourth-order valence-electron chi connectivity index (χ4n) is 2.90. The Morgan fingerprint density at radius 3 is 1.43 bits per heavy atom. The molecule has 0 saturated carbocycles. The number of rotatable bonds is 6. The quantitative estimate of drug-likeness (QED) is 0.433. The predicted molar refractivity (Wildman–Crippen MR) is 119 cm³/mol. The molecule has 0 spiro atoms. The largest absolute Gasteiger partial charge is 0.356 e. The maximum absolute atomic E-state index is 10.9. The van der Waals surface area contributed by atoms with Gasteiger partial charge in [0.15, 0.2) is 0 Å². The Balaban J connectivity index is 0.000000171. The van der Waals surface area contributed by atoms with E-state index in [1.54, 1.807) is 24.8 Å². The van der Waals surface area contributed by atoms with Gasteiger partial charge in [-0.3, -0.25) is 9.59 Å². The third kappa shape index (κ3) is 7.48. The second kappa shape index (κ2) is 11.2. The van der Waals surface area contributed by atoms with Crippen LogP contribution >= 0.6 is 31.9 Å². The van der Waals surface area contributed by atoms with E-state index in [2.05, 4.69) is 73.1 Å². The number of anilines is 2. The fourth-order valence-corrected chi connectivity index (χ4v) is 3.31. The topological polar surface area (TPSA) is 134 Å². The molecule has 2 fully saturated rings. The van der Waals surface area contributed by atoms with E-state index >= 15 is 0 Å². The van der Waals surface area contributed by atoms with Crippen molar-refractivity contribution in [1.29, 1.82) is 0 Å². The van der Waals surface area contributed by atoms with Gasteiger partial charge >= 0.3 is 0 Å². The molecule has 4 heterocycles. The highest BCUT2D eigenvalue weighted by atomic mass is 79.9. The van der Waals surface area contributed by atoms with Crippen LogP contribution in [-0.4, -0.2) is 57.9 Å². The van der Waals surface area contributed by atoms with Crippen molar-refractivity contribution in [1.82, 2.24) is 30.6 Å². The molecule has 2 saturated heterocycles. The fraction of sp³-hybridized carbons (Fsp3) is 0.444. The standard InChI is InChI=1S/2C9H11BrN4O/c2*10-7-4-13-9(14-5-7)12-3-6-1-8(15)11-2-6/h2*4-6H,1-3H2,(H,11,15)(H,12,13,14)/t6-;/m1./s1. The first-order chi connectivity index (χ1) is 14.5. The Hall–Kier alpha value is -2.34. The zero-order valence-electron chi connectivity index (χ0n) is 16.1. The summed E-state index contributed by atoms with van der Waals surface area (Å²) < 4.78 is 1.71. The van der Waals surface area contributed by atoms with Crippen molar-refractivity contribution >= 4 is 55.6 Å². The molecule has 2 aromatic rings. The van der Waals surface area contributed by atoms with Crippen molar-refractivity contribution in [3.05, 3.63) is 33.7 Å². The zero-order valence-corrected chi connectivity index (χ0v) is 19.2. The van der Waals surface area contributed by atoms with Gasteiger partial charge in [-0.15, -0.1) is 0 Å². The highest BCUT2D eigenvalue weighted by Gasteiger charge is 2.21. The number of carbonyl (C=O) groups excluding carboxylic acids is 2. The van der Waals surface area contributed by atoms with Gasteiger partial charge in [0.1, 0.15) is 0 Å². The van der Waals surface area contributed by atoms with Crippen LogP contribution in [0.2, 0.25) is 0 Å². The van der Waals surface area contributed by atoms with Crippen LogP contribution in [0.25, 0.3) is 0 Å². The van der Waals surface area contributed by atoms with Gasteiger partial charge in [-0.1, -0.05) is 0 Å². The summed E-state index contributed by atoms with van der Waals surface area (Å²) in [7, 11) is 0. The van der Waals surface area contributed by atoms with Crippen molar-refractivity contribution in [3.8, 4) is 0 Å². The zero-order chi connectivity index (χ0) is 21.3. The number of halogens is 2. The highest BCUT2D eigenvalue weighted by molar-refractivity contribution is 9.10. The number of hydrogen-bond acceptors (Lipinski definition) is 8. The molecule has 4 N–H and O–H groups in total. The Bertz CT molecular complexity index is 779. The maximum Gasteiger partial charge on any atom is 0.222 e. The van der Waals surface area contributed by atoms with Crippen LogP contribution in [0.4, 0.5) is 11.9 Å². The molecule has 2 aromatic heterocycles. The lowest BCUT2D eigenvalue weighted by atomic mass is 10.1. The molecule has 0 radical (unpaired) electrons. The lowest BCUT2D eigenvalue weighted by Crippen LogP contribution is -2.18. The molecular weight excluding hydrogens is 520 g/mol. The van der Waals surface area contributed by atoms with E-state index in [1.807, 2.05) is 0 Å². The molecule has 0 bridgehead atoms. The summed E-state index contributed by atoms with van der Waals surface area (Å²) in [6.45, 7) is 2.92. The Morgan fingerprint density at radius 2 is 1.13 bits per heavy atom. The van der Waals surface area contributed by atoms with Gasteiger partial charge < -0.3 is 21.3 Å². The van der Waals surface area contributed by atoms with Gasteiger partial charge in [0.05, 0.1) is 8.95 Å². The van der Waals surface area contributed by atoms with Gasteiger partial charge in [-0.05, 0) is 31.9 Å². The molecule has 2 atom stereocenters. The third-order valence-electron chi connectivity index (χ3n) is 4.46. The summed E-state index contributed by atoms with van der Waals surface area (Å²) in [6.07, 6.45) is 7.93. The molecule has 4 rings (SSSR count). The molecule has 160 valence electrons. The number of carbonyl (C=O) groups is 2. The van der Waals surface area contributed by atoms with E-state index in [0.717, 1.165) is 35.1 Å². The van der Waals surface area contributed by atoms with Crippen LogP contribution in [0.3, 0.4) is 0 Å². The SMILES string of the molecule is O=C1CC(CNc2ncc(Br)cn2)CN1.O=C1C[C@@H](CNc2ncc(Br)cn2)CN1. The summed E-state index contributed by atoms with van der Waals surface area (Å²) in [6, 6.07) is 0. The molecule has 2 amide bonds. The lowest BCUT2D eigenvalue weighted by Gasteiger charge is -2.08. The monoisotopic (exact) mass is 540 g/mol.